The van der Waals surface area contributed by atoms with Gasteiger partial charge in [-0.05, 0) is 47.9 Å². The number of benzene rings is 3. The predicted octanol–water partition coefficient (Wildman–Crippen LogP) is 6.04. The van der Waals surface area contributed by atoms with Crippen LogP contribution in [0.5, 0.6) is 5.75 Å². The zero-order valence-corrected chi connectivity index (χ0v) is 22.1. The lowest BCUT2D eigenvalue weighted by Crippen LogP contribution is -2.51. The first-order chi connectivity index (χ1) is 17.0. The van der Waals surface area contributed by atoms with E-state index in [1.54, 1.807) is 23.1 Å². The van der Waals surface area contributed by atoms with Crippen molar-refractivity contribution in [2.75, 3.05) is 13.2 Å². The minimum absolute atomic E-state index is 0.189. The van der Waals surface area contributed by atoms with Crippen LogP contribution in [0.15, 0.2) is 83.3 Å². The number of amides is 2. The molecule has 7 heteroatoms. The summed E-state index contributed by atoms with van der Waals surface area (Å²) in [5, 5.41) is 3.55. The van der Waals surface area contributed by atoms with Gasteiger partial charge in [-0.2, -0.15) is 0 Å². The molecule has 0 radical (unpaired) electrons. The number of hydrogen-bond donors (Lipinski definition) is 1. The molecule has 3 rings (SSSR count). The molecule has 0 aliphatic heterocycles. The zero-order valence-electron chi connectivity index (χ0n) is 19.8. The van der Waals surface area contributed by atoms with E-state index in [1.165, 1.54) is 0 Å². The van der Waals surface area contributed by atoms with Gasteiger partial charge in [0.1, 0.15) is 11.8 Å². The van der Waals surface area contributed by atoms with Crippen molar-refractivity contribution < 1.29 is 14.3 Å². The van der Waals surface area contributed by atoms with E-state index < -0.39 is 6.04 Å². The minimum atomic E-state index is -0.716. The van der Waals surface area contributed by atoms with Crippen molar-refractivity contribution in [3.8, 4) is 5.75 Å². The maximum Gasteiger partial charge on any atom is 0.261 e. The molecule has 1 atom stereocenters. The molecule has 0 spiro atoms. The third-order valence-electron chi connectivity index (χ3n) is 5.58. The third kappa shape index (κ3) is 8.41. The Bertz CT molecular complexity index is 1090. The Morgan fingerprint density at radius 3 is 2.37 bits per heavy atom. The van der Waals surface area contributed by atoms with Crippen LogP contribution >= 0.6 is 27.5 Å². The molecule has 0 aliphatic carbocycles. The molecule has 3 aromatic carbocycles. The maximum atomic E-state index is 13.5. The number of ether oxygens (including phenoxy) is 1. The van der Waals surface area contributed by atoms with Crippen molar-refractivity contribution in [2.24, 2.45) is 0 Å². The van der Waals surface area contributed by atoms with Gasteiger partial charge in [-0.1, -0.05) is 89.4 Å². The fraction of sp³-hybridized carbons (Fsp3) is 0.286. The van der Waals surface area contributed by atoms with Gasteiger partial charge in [-0.25, -0.2) is 0 Å². The molecule has 0 bridgehead atoms. The molecule has 0 fully saturated rings. The largest absolute Gasteiger partial charge is 0.484 e. The van der Waals surface area contributed by atoms with Gasteiger partial charge in [0.15, 0.2) is 6.61 Å². The van der Waals surface area contributed by atoms with E-state index in [0.717, 1.165) is 28.4 Å². The summed E-state index contributed by atoms with van der Waals surface area (Å²) in [6.07, 6.45) is 2.22. The number of carbonyl (C=O) groups is 2. The van der Waals surface area contributed by atoms with Crippen molar-refractivity contribution in [2.45, 2.75) is 38.8 Å². The lowest BCUT2D eigenvalue weighted by Gasteiger charge is -2.31. The number of nitrogens with one attached hydrogen (secondary N) is 1. The lowest BCUT2D eigenvalue weighted by atomic mass is 10.0. The van der Waals surface area contributed by atoms with Crippen LogP contribution in [0.2, 0.25) is 5.02 Å². The monoisotopic (exact) mass is 556 g/mol. The Balaban J connectivity index is 1.88. The van der Waals surface area contributed by atoms with Crippen molar-refractivity contribution in [3.63, 3.8) is 0 Å². The van der Waals surface area contributed by atoms with Crippen molar-refractivity contribution in [1.82, 2.24) is 10.2 Å². The average molecular weight is 558 g/mol. The number of halogens is 2. The number of hydrogen-bond acceptors (Lipinski definition) is 3. The highest BCUT2D eigenvalue weighted by Crippen LogP contribution is 2.21. The van der Waals surface area contributed by atoms with E-state index in [9.17, 15) is 9.59 Å². The molecule has 1 N–H and O–H groups in total. The van der Waals surface area contributed by atoms with Crippen LogP contribution < -0.4 is 10.1 Å². The molecule has 0 saturated heterocycles. The maximum absolute atomic E-state index is 13.5. The number of rotatable bonds is 12. The van der Waals surface area contributed by atoms with Crippen LogP contribution in [0.25, 0.3) is 0 Å². The van der Waals surface area contributed by atoms with E-state index in [2.05, 4.69) is 28.2 Å². The lowest BCUT2D eigenvalue weighted by molar-refractivity contribution is -0.142. The van der Waals surface area contributed by atoms with Crippen LogP contribution in [0.4, 0.5) is 0 Å². The first kappa shape index (κ1) is 26.8. The summed E-state index contributed by atoms with van der Waals surface area (Å²) in [5.74, 6) is 0.0945. The van der Waals surface area contributed by atoms with Crippen LogP contribution in [0, 0.1) is 0 Å². The van der Waals surface area contributed by atoms with Gasteiger partial charge in [-0.3, -0.25) is 9.59 Å². The second-order valence-corrected chi connectivity index (χ2v) is 9.53. The van der Waals surface area contributed by atoms with Gasteiger partial charge in [0, 0.05) is 29.0 Å². The van der Waals surface area contributed by atoms with Gasteiger partial charge >= 0.3 is 0 Å². The smallest absolute Gasteiger partial charge is 0.261 e. The summed E-state index contributed by atoms with van der Waals surface area (Å²) in [6.45, 7) is 2.63. The summed E-state index contributed by atoms with van der Waals surface area (Å²) in [5.41, 5.74) is 1.74. The van der Waals surface area contributed by atoms with Crippen molar-refractivity contribution in [3.05, 3.63) is 99.5 Å². The van der Waals surface area contributed by atoms with E-state index in [4.69, 9.17) is 16.3 Å². The van der Waals surface area contributed by atoms with Crippen LogP contribution in [-0.4, -0.2) is 35.9 Å². The van der Waals surface area contributed by atoms with E-state index in [-0.39, 0.29) is 25.0 Å². The van der Waals surface area contributed by atoms with Crippen LogP contribution in [0.3, 0.4) is 0 Å². The highest BCUT2D eigenvalue weighted by Gasteiger charge is 2.31. The molecule has 0 aromatic heterocycles. The van der Waals surface area contributed by atoms with Crippen molar-refractivity contribution >= 4 is 39.3 Å². The van der Waals surface area contributed by atoms with Crippen molar-refractivity contribution in [1.29, 1.82) is 0 Å². The Kier molecular flexibility index (Phi) is 10.6. The predicted molar refractivity (Wildman–Crippen MR) is 143 cm³/mol. The molecule has 2 amide bonds. The van der Waals surface area contributed by atoms with E-state index in [0.29, 0.717) is 23.7 Å². The molecule has 184 valence electrons. The molecular weight excluding hydrogens is 528 g/mol. The zero-order chi connectivity index (χ0) is 25.0. The minimum Gasteiger partial charge on any atom is -0.484 e. The first-order valence-corrected chi connectivity index (χ1v) is 12.9. The summed E-state index contributed by atoms with van der Waals surface area (Å²) in [7, 11) is 0. The summed E-state index contributed by atoms with van der Waals surface area (Å²) < 4.78 is 6.69. The quantitative estimate of drug-likeness (QED) is 0.276. The Morgan fingerprint density at radius 2 is 1.69 bits per heavy atom. The SMILES string of the molecule is CCCCNC(=O)C(Cc1ccccc1)N(Cc1ccccc1Cl)C(=O)COc1ccc(Br)cc1. The first-order valence-electron chi connectivity index (χ1n) is 11.7. The number of nitrogens with zero attached hydrogens (tertiary/aromatic N) is 1. The Hall–Kier alpha value is -2.83. The van der Waals surface area contributed by atoms with Crippen LogP contribution in [-0.2, 0) is 22.6 Å². The number of unbranched alkanes of at least 4 members (excludes halogenated alkanes) is 1. The molecule has 0 saturated carbocycles. The fourth-order valence-corrected chi connectivity index (χ4v) is 4.09. The third-order valence-corrected chi connectivity index (χ3v) is 6.47. The average Bonchev–Trinajstić information content (AvgIpc) is 2.87. The molecule has 35 heavy (non-hydrogen) atoms. The van der Waals surface area contributed by atoms with Gasteiger partial charge in [-0.15, -0.1) is 0 Å². The summed E-state index contributed by atoms with van der Waals surface area (Å²) in [6, 6.07) is 23.6. The number of carbonyl (C=O) groups excluding carboxylic acids is 2. The highest BCUT2D eigenvalue weighted by molar-refractivity contribution is 9.10. The molecule has 1 unspecified atom stereocenters. The topological polar surface area (TPSA) is 58.6 Å². The Labute approximate surface area is 220 Å². The molecular formula is C28H30BrClN2O3. The normalized spacial score (nSPS) is 11.5. The molecule has 0 aliphatic rings. The molecule has 0 heterocycles. The van der Waals surface area contributed by atoms with E-state index in [1.807, 2.05) is 60.7 Å². The highest BCUT2D eigenvalue weighted by atomic mass is 79.9. The van der Waals surface area contributed by atoms with Gasteiger partial charge in [0.2, 0.25) is 5.91 Å². The summed E-state index contributed by atoms with van der Waals surface area (Å²) >= 11 is 9.83. The molecule has 5 nitrogen and oxygen atoms in total. The fourth-order valence-electron chi connectivity index (χ4n) is 3.63. The Morgan fingerprint density at radius 1 is 1.00 bits per heavy atom. The second-order valence-electron chi connectivity index (χ2n) is 8.21. The standard InChI is InChI=1S/C28H30BrClN2O3/c1-2-3-17-31-28(34)26(18-21-9-5-4-6-10-21)32(19-22-11-7-8-12-25(22)30)27(33)20-35-24-15-13-23(29)14-16-24/h4-16,26H,2-3,17-20H2,1H3,(H,31,34). The van der Waals surface area contributed by atoms with Gasteiger partial charge < -0.3 is 15.0 Å². The van der Waals surface area contributed by atoms with Gasteiger partial charge in [0.05, 0.1) is 0 Å². The summed E-state index contributed by atoms with van der Waals surface area (Å²) in [4.78, 5) is 28.5. The van der Waals surface area contributed by atoms with Gasteiger partial charge in [0.25, 0.3) is 5.91 Å². The second kappa shape index (κ2) is 13.9. The van der Waals surface area contributed by atoms with Crippen LogP contribution in [0.1, 0.15) is 30.9 Å². The van der Waals surface area contributed by atoms with E-state index >= 15 is 0 Å². The molecule has 3 aromatic rings.